The maximum Gasteiger partial charge on any atom is 0.319 e. The van der Waals surface area contributed by atoms with Crippen LogP contribution in [0, 0.1) is 0 Å². The van der Waals surface area contributed by atoms with Crippen molar-refractivity contribution in [3.05, 3.63) is 59.7 Å². The number of nitrogens with one attached hydrogen (secondary N) is 3. The van der Waals surface area contributed by atoms with Crippen molar-refractivity contribution in [2.45, 2.75) is 37.8 Å². The SMILES string of the molecule is COc1cccc2c1C(Nc1ccc3cc(NC(=O)N[C@H]4CCN(C)C4)ccc3n1)CCC2. The molecule has 172 valence electrons. The van der Waals surface area contributed by atoms with Crippen LogP contribution in [0.1, 0.15) is 36.4 Å². The van der Waals surface area contributed by atoms with Crippen LogP contribution in [0.2, 0.25) is 0 Å². The second-order valence-electron chi connectivity index (χ2n) is 9.07. The Morgan fingerprint density at radius 2 is 2.06 bits per heavy atom. The van der Waals surface area contributed by atoms with Crippen LogP contribution in [0.3, 0.4) is 0 Å². The maximum absolute atomic E-state index is 12.4. The van der Waals surface area contributed by atoms with Crippen molar-refractivity contribution in [3.8, 4) is 5.75 Å². The molecule has 7 heteroatoms. The van der Waals surface area contributed by atoms with Crippen LogP contribution in [0.25, 0.3) is 10.9 Å². The molecule has 0 radical (unpaired) electrons. The molecule has 3 N–H and O–H groups in total. The predicted octanol–water partition coefficient (Wildman–Crippen LogP) is 4.56. The number of methoxy groups -OCH3 is 1. The Balaban J connectivity index is 1.29. The number of fused-ring (bicyclic) bond motifs is 2. The molecular formula is C26H31N5O2. The number of likely N-dealkylation sites (N-methyl/N-ethyl adjacent to an activating group) is 1. The molecule has 0 bridgehead atoms. The number of nitrogens with zero attached hydrogens (tertiary/aromatic N) is 2. The fourth-order valence-electron chi connectivity index (χ4n) is 5.03. The summed E-state index contributed by atoms with van der Waals surface area (Å²) in [4.78, 5) is 19.4. The van der Waals surface area contributed by atoms with Crippen molar-refractivity contribution in [3.63, 3.8) is 0 Å². The van der Waals surface area contributed by atoms with Gasteiger partial charge in [0.1, 0.15) is 11.6 Å². The van der Waals surface area contributed by atoms with Gasteiger partial charge in [0.05, 0.1) is 18.7 Å². The summed E-state index contributed by atoms with van der Waals surface area (Å²) in [5.74, 6) is 1.78. The monoisotopic (exact) mass is 445 g/mol. The zero-order valence-corrected chi connectivity index (χ0v) is 19.2. The van der Waals surface area contributed by atoms with Crippen molar-refractivity contribution in [1.29, 1.82) is 0 Å². The zero-order valence-electron chi connectivity index (χ0n) is 19.2. The number of hydrogen-bond donors (Lipinski definition) is 3. The number of amides is 2. The van der Waals surface area contributed by atoms with Gasteiger partial charge in [-0.15, -0.1) is 0 Å². The van der Waals surface area contributed by atoms with Crippen LogP contribution >= 0.6 is 0 Å². The predicted molar refractivity (Wildman–Crippen MR) is 132 cm³/mol. The number of benzene rings is 2. The molecule has 2 aromatic carbocycles. The van der Waals surface area contributed by atoms with Crippen LogP contribution in [-0.2, 0) is 6.42 Å². The van der Waals surface area contributed by atoms with Gasteiger partial charge in [-0.05, 0) is 81.2 Å². The summed E-state index contributed by atoms with van der Waals surface area (Å²) in [6.07, 6.45) is 4.25. The minimum Gasteiger partial charge on any atom is -0.496 e. The van der Waals surface area contributed by atoms with E-state index in [1.807, 2.05) is 36.4 Å². The lowest BCUT2D eigenvalue weighted by Crippen LogP contribution is -2.39. The Hall–Kier alpha value is -3.32. The van der Waals surface area contributed by atoms with Crippen LogP contribution in [-0.4, -0.2) is 49.2 Å². The number of pyridine rings is 1. The molecule has 2 amide bonds. The van der Waals surface area contributed by atoms with E-state index in [0.29, 0.717) is 0 Å². The highest BCUT2D eigenvalue weighted by molar-refractivity contribution is 5.93. The third-order valence-corrected chi connectivity index (χ3v) is 6.66. The number of carbonyl (C=O) groups excluding carboxylic acids is 1. The van der Waals surface area contributed by atoms with Crippen molar-refractivity contribution < 1.29 is 9.53 Å². The zero-order chi connectivity index (χ0) is 22.8. The average Bonchev–Trinajstić information content (AvgIpc) is 3.23. The molecule has 0 saturated carbocycles. The van der Waals surface area contributed by atoms with E-state index in [9.17, 15) is 4.79 Å². The number of rotatable bonds is 5. The molecule has 1 aromatic heterocycles. The van der Waals surface area contributed by atoms with E-state index in [-0.39, 0.29) is 18.1 Å². The Labute approximate surface area is 194 Å². The van der Waals surface area contributed by atoms with E-state index in [1.165, 1.54) is 11.1 Å². The van der Waals surface area contributed by atoms with E-state index in [2.05, 4.69) is 40.0 Å². The van der Waals surface area contributed by atoms with Gasteiger partial charge in [0, 0.05) is 29.2 Å². The lowest BCUT2D eigenvalue weighted by atomic mass is 9.87. The normalized spacial score (nSPS) is 20.3. The average molecular weight is 446 g/mol. The molecule has 2 atom stereocenters. The fourth-order valence-corrected chi connectivity index (χ4v) is 5.03. The minimum absolute atomic E-state index is 0.161. The van der Waals surface area contributed by atoms with E-state index in [4.69, 9.17) is 9.72 Å². The van der Waals surface area contributed by atoms with Crippen LogP contribution in [0.15, 0.2) is 48.5 Å². The highest BCUT2D eigenvalue weighted by Crippen LogP contribution is 2.38. The minimum atomic E-state index is -0.161. The molecule has 1 unspecified atom stereocenters. The van der Waals surface area contributed by atoms with Crippen molar-refractivity contribution in [1.82, 2.24) is 15.2 Å². The number of ether oxygens (including phenoxy) is 1. The van der Waals surface area contributed by atoms with E-state index >= 15 is 0 Å². The van der Waals surface area contributed by atoms with Gasteiger partial charge >= 0.3 is 6.03 Å². The molecule has 1 aliphatic carbocycles. The molecule has 0 spiro atoms. The van der Waals surface area contributed by atoms with Gasteiger partial charge in [0.25, 0.3) is 0 Å². The third-order valence-electron chi connectivity index (χ3n) is 6.66. The Bertz CT molecular complexity index is 1150. The summed E-state index contributed by atoms with van der Waals surface area (Å²) in [5, 5.41) is 10.6. The molecule has 2 heterocycles. The summed E-state index contributed by atoms with van der Waals surface area (Å²) < 4.78 is 5.64. The van der Waals surface area contributed by atoms with Gasteiger partial charge in [0.15, 0.2) is 0 Å². The third kappa shape index (κ3) is 4.73. The molecule has 1 aliphatic heterocycles. The Morgan fingerprint density at radius 1 is 1.15 bits per heavy atom. The number of aromatic nitrogens is 1. The second-order valence-corrected chi connectivity index (χ2v) is 9.07. The lowest BCUT2D eigenvalue weighted by Gasteiger charge is -2.28. The van der Waals surface area contributed by atoms with Crippen molar-refractivity contribution in [2.24, 2.45) is 0 Å². The number of likely N-dealkylation sites (tertiary alicyclic amines) is 1. The molecular weight excluding hydrogens is 414 g/mol. The van der Waals surface area contributed by atoms with E-state index < -0.39 is 0 Å². The first-order valence-electron chi connectivity index (χ1n) is 11.7. The Kier molecular flexibility index (Phi) is 6.05. The highest BCUT2D eigenvalue weighted by atomic mass is 16.5. The summed E-state index contributed by atoms with van der Waals surface area (Å²) in [7, 11) is 3.80. The van der Waals surface area contributed by atoms with Gasteiger partial charge in [-0.3, -0.25) is 0 Å². The maximum atomic E-state index is 12.4. The van der Waals surface area contributed by atoms with Gasteiger partial charge in [-0.1, -0.05) is 12.1 Å². The fraction of sp³-hybridized carbons (Fsp3) is 0.385. The highest BCUT2D eigenvalue weighted by Gasteiger charge is 2.24. The Morgan fingerprint density at radius 3 is 2.88 bits per heavy atom. The quantitative estimate of drug-likeness (QED) is 0.537. The molecule has 1 fully saturated rings. The molecule has 7 nitrogen and oxygen atoms in total. The van der Waals surface area contributed by atoms with Crippen LogP contribution in [0.5, 0.6) is 5.75 Å². The van der Waals surface area contributed by atoms with Gasteiger partial charge < -0.3 is 25.6 Å². The lowest BCUT2D eigenvalue weighted by molar-refractivity contribution is 0.248. The van der Waals surface area contributed by atoms with Gasteiger partial charge in [-0.2, -0.15) is 0 Å². The van der Waals surface area contributed by atoms with Crippen molar-refractivity contribution in [2.75, 3.05) is 37.9 Å². The van der Waals surface area contributed by atoms with E-state index in [1.54, 1.807) is 7.11 Å². The molecule has 2 aliphatic rings. The number of carbonyl (C=O) groups is 1. The smallest absolute Gasteiger partial charge is 0.319 e. The first-order valence-corrected chi connectivity index (χ1v) is 11.7. The van der Waals surface area contributed by atoms with E-state index in [0.717, 1.165) is 66.9 Å². The number of anilines is 2. The summed E-state index contributed by atoms with van der Waals surface area (Å²) in [6.45, 7) is 1.91. The summed E-state index contributed by atoms with van der Waals surface area (Å²) in [5.41, 5.74) is 4.24. The first-order chi connectivity index (χ1) is 16.1. The van der Waals surface area contributed by atoms with Crippen LogP contribution < -0.4 is 20.7 Å². The topological polar surface area (TPSA) is 78.5 Å². The standard InChI is InChI=1S/C26H31N5O2/c1-31-14-13-20(16-31)28-26(32)27-19-10-11-21-18(15-19)9-12-24(29-21)30-22-7-3-5-17-6-4-8-23(33-2)25(17)22/h4,6,8-12,15,20,22H,3,5,7,13-14,16H2,1-2H3,(H,29,30)(H2,27,28,32)/t20-,22?/m0/s1. The second kappa shape index (κ2) is 9.27. The largest absolute Gasteiger partial charge is 0.496 e. The number of hydrogen-bond acceptors (Lipinski definition) is 5. The van der Waals surface area contributed by atoms with Crippen LogP contribution in [0.4, 0.5) is 16.3 Å². The molecule has 3 aromatic rings. The van der Waals surface area contributed by atoms with Gasteiger partial charge in [-0.25, -0.2) is 9.78 Å². The van der Waals surface area contributed by atoms with Gasteiger partial charge in [0.2, 0.25) is 0 Å². The number of urea groups is 1. The van der Waals surface area contributed by atoms with Crippen molar-refractivity contribution >= 4 is 28.4 Å². The number of aryl methyl sites for hydroxylation is 1. The molecule has 33 heavy (non-hydrogen) atoms. The molecule has 1 saturated heterocycles. The summed E-state index contributed by atoms with van der Waals surface area (Å²) in [6, 6.07) is 16.4. The summed E-state index contributed by atoms with van der Waals surface area (Å²) >= 11 is 0. The first kappa shape index (κ1) is 21.5. The molecule has 5 rings (SSSR count).